The van der Waals surface area contributed by atoms with Gasteiger partial charge in [0.2, 0.25) is 6.41 Å². The summed E-state index contributed by atoms with van der Waals surface area (Å²) in [7, 11) is 0. The number of nitrogens with zero attached hydrogens (tertiary/aromatic N) is 1. The summed E-state index contributed by atoms with van der Waals surface area (Å²) in [6.45, 7) is 1.07. The molecule has 1 aromatic carbocycles. The van der Waals surface area contributed by atoms with Gasteiger partial charge in [-0.1, -0.05) is 24.3 Å². The third kappa shape index (κ3) is 5.33. The van der Waals surface area contributed by atoms with Crippen molar-refractivity contribution in [3.63, 3.8) is 0 Å². The summed E-state index contributed by atoms with van der Waals surface area (Å²) >= 11 is 0. The van der Waals surface area contributed by atoms with Crippen LogP contribution in [0.5, 0.6) is 0 Å². The Kier molecular flexibility index (Phi) is 7.06. The maximum atomic E-state index is 11.7. The number of hydrogen-bond donors (Lipinski definition) is 3. The first-order valence-electron chi connectivity index (χ1n) is 6.64. The summed E-state index contributed by atoms with van der Waals surface area (Å²) in [6, 6.07) is 7.36. The van der Waals surface area contributed by atoms with E-state index >= 15 is 0 Å². The van der Waals surface area contributed by atoms with Crippen molar-refractivity contribution in [1.82, 2.24) is 10.2 Å². The van der Waals surface area contributed by atoms with Crippen molar-refractivity contribution >= 4 is 18.2 Å². The van der Waals surface area contributed by atoms with E-state index in [1.54, 1.807) is 0 Å². The molecule has 0 saturated heterocycles. The van der Waals surface area contributed by atoms with Crippen molar-refractivity contribution < 1.29 is 14.4 Å². The van der Waals surface area contributed by atoms with Gasteiger partial charge < -0.3 is 16.8 Å². The van der Waals surface area contributed by atoms with Crippen LogP contribution in [0.25, 0.3) is 0 Å². The van der Waals surface area contributed by atoms with Gasteiger partial charge in [0, 0.05) is 19.6 Å². The average molecular weight is 292 g/mol. The topological polar surface area (TPSA) is 119 Å². The minimum absolute atomic E-state index is 0.134. The molecule has 7 heteroatoms. The number of hydrogen-bond acceptors (Lipinski definition) is 5. The molecule has 114 valence electrons. The first kappa shape index (κ1) is 16.8. The van der Waals surface area contributed by atoms with Crippen molar-refractivity contribution in [2.45, 2.75) is 19.5 Å². The zero-order valence-corrected chi connectivity index (χ0v) is 11.7. The average Bonchev–Trinajstić information content (AvgIpc) is 2.53. The molecule has 0 fully saturated rings. The second-order valence-corrected chi connectivity index (χ2v) is 4.45. The van der Waals surface area contributed by atoms with E-state index < -0.39 is 11.8 Å². The van der Waals surface area contributed by atoms with E-state index in [0.717, 1.165) is 16.0 Å². The molecule has 0 aromatic heterocycles. The van der Waals surface area contributed by atoms with Crippen molar-refractivity contribution in [2.75, 3.05) is 13.1 Å². The molecule has 0 bridgehead atoms. The van der Waals surface area contributed by atoms with Gasteiger partial charge in [0.05, 0.1) is 0 Å². The lowest BCUT2D eigenvalue weighted by Crippen LogP contribution is -2.42. The largest absolute Gasteiger partial charge is 0.344 e. The minimum atomic E-state index is -0.881. The molecule has 1 rings (SSSR count). The lowest BCUT2D eigenvalue weighted by molar-refractivity contribution is -0.148. The number of carbonyl (C=O) groups is 3. The van der Waals surface area contributed by atoms with Crippen LogP contribution in [0, 0.1) is 0 Å². The fourth-order valence-electron chi connectivity index (χ4n) is 1.72. The van der Waals surface area contributed by atoms with Crippen LogP contribution in [0.1, 0.15) is 17.5 Å². The van der Waals surface area contributed by atoms with E-state index in [4.69, 9.17) is 11.5 Å². The molecule has 0 atom stereocenters. The van der Waals surface area contributed by atoms with Crippen molar-refractivity contribution in [3.8, 4) is 0 Å². The first-order chi connectivity index (χ1) is 10.1. The van der Waals surface area contributed by atoms with Crippen LogP contribution in [-0.2, 0) is 27.5 Å². The lowest BCUT2D eigenvalue weighted by Gasteiger charge is -2.14. The number of imide groups is 1. The molecule has 5 N–H and O–H groups in total. The molecule has 21 heavy (non-hydrogen) atoms. The van der Waals surface area contributed by atoms with E-state index in [-0.39, 0.29) is 13.1 Å². The van der Waals surface area contributed by atoms with Gasteiger partial charge in [0.1, 0.15) is 0 Å². The molecule has 0 aliphatic carbocycles. The molecule has 0 spiro atoms. The molecule has 1 aromatic rings. The Morgan fingerprint density at radius 3 is 2.57 bits per heavy atom. The monoisotopic (exact) mass is 292 g/mol. The second-order valence-electron chi connectivity index (χ2n) is 4.45. The van der Waals surface area contributed by atoms with Crippen LogP contribution < -0.4 is 16.8 Å². The summed E-state index contributed by atoms with van der Waals surface area (Å²) in [5.41, 5.74) is 12.6. The van der Waals surface area contributed by atoms with Crippen molar-refractivity contribution in [3.05, 3.63) is 35.4 Å². The Bertz CT molecular complexity index is 505. The smallest absolute Gasteiger partial charge is 0.318 e. The molecule has 0 unspecified atom stereocenters. The predicted octanol–water partition coefficient (Wildman–Crippen LogP) is -0.905. The summed E-state index contributed by atoms with van der Waals surface area (Å²) in [5, 5.41) is 2.48. The Hall–Kier alpha value is -2.25. The van der Waals surface area contributed by atoms with E-state index in [9.17, 15) is 14.4 Å². The number of amides is 3. The van der Waals surface area contributed by atoms with Crippen LogP contribution in [0.3, 0.4) is 0 Å². The van der Waals surface area contributed by atoms with Gasteiger partial charge >= 0.3 is 11.8 Å². The van der Waals surface area contributed by atoms with Crippen molar-refractivity contribution in [2.24, 2.45) is 11.5 Å². The minimum Gasteiger partial charge on any atom is -0.344 e. The number of benzene rings is 1. The van der Waals surface area contributed by atoms with Crippen LogP contribution in [0.15, 0.2) is 24.3 Å². The summed E-state index contributed by atoms with van der Waals surface area (Å²) in [5.74, 6) is -1.70. The molecule has 0 saturated carbocycles. The number of rotatable bonds is 7. The van der Waals surface area contributed by atoms with Crippen LogP contribution in [0.2, 0.25) is 0 Å². The Morgan fingerprint density at radius 2 is 1.95 bits per heavy atom. The van der Waals surface area contributed by atoms with Gasteiger partial charge in [-0.15, -0.1) is 0 Å². The first-order valence-corrected chi connectivity index (χ1v) is 6.64. The second kappa shape index (κ2) is 8.83. The predicted molar refractivity (Wildman–Crippen MR) is 77.6 cm³/mol. The third-order valence-electron chi connectivity index (χ3n) is 2.87. The van der Waals surface area contributed by atoms with Gasteiger partial charge in [-0.3, -0.25) is 19.3 Å². The highest BCUT2D eigenvalue weighted by Crippen LogP contribution is 2.04. The standard InChI is InChI=1S/C14H20N4O3/c15-5-2-6-18(10-19)14(21)13(20)17-9-12-4-1-3-11(7-12)8-16/h1,3-4,7,10H,2,5-6,8-9,15-16H2,(H,17,20). The molecular weight excluding hydrogens is 272 g/mol. The number of nitrogens with one attached hydrogen (secondary N) is 1. The molecular formula is C14H20N4O3. The fraction of sp³-hybridized carbons (Fsp3) is 0.357. The molecule has 3 amide bonds. The van der Waals surface area contributed by atoms with Gasteiger partial charge in [-0.05, 0) is 24.1 Å². The fourth-order valence-corrected chi connectivity index (χ4v) is 1.72. The molecule has 7 nitrogen and oxygen atoms in total. The Balaban J connectivity index is 2.55. The molecule has 0 heterocycles. The van der Waals surface area contributed by atoms with Gasteiger partial charge in [-0.2, -0.15) is 0 Å². The SMILES string of the molecule is NCCCN(C=O)C(=O)C(=O)NCc1cccc(CN)c1. The highest BCUT2D eigenvalue weighted by Gasteiger charge is 2.20. The van der Waals surface area contributed by atoms with Crippen molar-refractivity contribution in [1.29, 1.82) is 0 Å². The summed E-state index contributed by atoms with van der Waals surface area (Å²) in [6.07, 6.45) is 0.795. The normalized spacial score (nSPS) is 10.0. The van der Waals surface area contributed by atoms with Gasteiger partial charge in [0.25, 0.3) is 0 Å². The quantitative estimate of drug-likeness (QED) is 0.444. The van der Waals surface area contributed by atoms with Gasteiger partial charge in [0.15, 0.2) is 0 Å². The van der Waals surface area contributed by atoms with Crippen LogP contribution in [-0.4, -0.2) is 36.2 Å². The lowest BCUT2D eigenvalue weighted by atomic mass is 10.1. The number of nitrogens with two attached hydrogens (primary N) is 2. The zero-order chi connectivity index (χ0) is 15.7. The molecule has 0 aliphatic heterocycles. The molecule has 0 radical (unpaired) electrons. The van der Waals surface area contributed by atoms with E-state index in [1.807, 2.05) is 24.3 Å². The maximum Gasteiger partial charge on any atom is 0.318 e. The molecule has 0 aliphatic rings. The zero-order valence-electron chi connectivity index (χ0n) is 11.7. The van der Waals surface area contributed by atoms with Gasteiger partial charge in [-0.25, -0.2) is 0 Å². The third-order valence-corrected chi connectivity index (χ3v) is 2.87. The van der Waals surface area contributed by atoms with E-state index in [2.05, 4.69) is 5.32 Å². The maximum absolute atomic E-state index is 11.7. The number of carbonyl (C=O) groups excluding carboxylic acids is 3. The van der Waals surface area contributed by atoms with E-state index in [0.29, 0.717) is 25.9 Å². The Morgan fingerprint density at radius 1 is 1.24 bits per heavy atom. The van der Waals surface area contributed by atoms with Crippen LogP contribution >= 0.6 is 0 Å². The Labute approximate surface area is 123 Å². The highest BCUT2D eigenvalue weighted by atomic mass is 16.2. The van der Waals surface area contributed by atoms with E-state index in [1.165, 1.54) is 0 Å². The summed E-state index contributed by atoms with van der Waals surface area (Å²) < 4.78 is 0. The van der Waals surface area contributed by atoms with Crippen LogP contribution in [0.4, 0.5) is 0 Å². The highest BCUT2D eigenvalue weighted by molar-refractivity contribution is 6.36. The summed E-state index contributed by atoms with van der Waals surface area (Å²) in [4.78, 5) is 35.1.